The van der Waals surface area contributed by atoms with Crippen molar-refractivity contribution in [2.75, 3.05) is 20.1 Å². The molecule has 1 aliphatic heterocycles. The van der Waals surface area contributed by atoms with Gasteiger partial charge in [0.05, 0.1) is 17.2 Å². The molecule has 1 amide bonds. The van der Waals surface area contributed by atoms with Gasteiger partial charge >= 0.3 is 12.4 Å². The smallest absolute Gasteiger partial charge is 0.335 e. The number of carbonyl (C=O) groups is 1. The van der Waals surface area contributed by atoms with Crippen molar-refractivity contribution in [3.05, 3.63) is 76.4 Å². The minimum Gasteiger partial charge on any atom is -0.335 e. The van der Waals surface area contributed by atoms with Crippen LogP contribution in [0.4, 0.5) is 26.3 Å². The Kier molecular flexibility index (Phi) is 6.69. The number of benzene rings is 2. The molecule has 9 heteroatoms. The van der Waals surface area contributed by atoms with Crippen LogP contribution in [0, 0.1) is 0 Å². The van der Waals surface area contributed by atoms with Gasteiger partial charge in [0.15, 0.2) is 0 Å². The maximum Gasteiger partial charge on any atom is 0.416 e. The molecular formula is C23H22F6N2O. The van der Waals surface area contributed by atoms with Gasteiger partial charge in [0, 0.05) is 19.2 Å². The van der Waals surface area contributed by atoms with Crippen molar-refractivity contribution >= 4 is 11.5 Å². The van der Waals surface area contributed by atoms with Crippen LogP contribution in [0.2, 0.25) is 0 Å². The quantitative estimate of drug-likeness (QED) is 0.600. The van der Waals surface area contributed by atoms with E-state index in [1.54, 1.807) is 0 Å². The molecule has 0 spiro atoms. The van der Waals surface area contributed by atoms with Crippen molar-refractivity contribution in [1.82, 2.24) is 10.2 Å². The van der Waals surface area contributed by atoms with E-state index in [9.17, 15) is 31.1 Å². The summed E-state index contributed by atoms with van der Waals surface area (Å²) in [5, 5.41) is 3.19. The Morgan fingerprint density at radius 3 is 2.06 bits per heavy atom. The fourth-order valence-corrected chi connectivity index (χ4v) is 3.67. The predicted molar refractivity (Wildman–Crippen MR) is 108 cm³/mol. The van der Waals surface area contributed by atoms with E-state index in [4.69, 9.17) is 0 Å². The van der Waals surface area contributed by atoms with Crippen molar-refractivity contribution in [2.24, 2.45) is 0 Å². The van der Waals surface area contributed by atoms with Crippen molar-refractivity contribution in [1.29, 1.82) is 0 Å². The Morgan fingerprint density at radius 2 is 1.53 bits per heavy atom. The van der Waals surface area contributed by atoms with Gasteiger partial charge in [0.25, 0.3) is 0 Å². The molecule has 3 rings (SSSR count). The summed E-state index contributed by atoms with van der Waals surface area (Å²) in [6.07, 6.45) is -9.50. The second kappa shape index (κ2) is 8.97. The average molecular weight is 456 g/mol. The molecule has 0 aliphatic carbocycles. The van der Waals surface area contributed by atoms with Crippen LogP contribution in [0.25, 0.3) is 5.57 Å². The van der Waals surface area contributed by atoms with Gasteiger partial charge < -0.3 is 10.2 Å². The first-order valence-corrected chi connectivity index (χ1v) is 9.94. The Balaban J connectivity index is 1.99. The second-order valence-corrected chi connectivity index (χ2v) is 7.68. The highest BCUT2D eigenvalue weighted by atomic mass is 19.4. The van der Waals surface area contributed by atoms with Gasteiger partial charge in [-0.2, -0.15) is 26.3 Å². The minimum atomic E-state index is -4.95. The highest BCUT2D eigenvalue weighted by Gasteiger charge is 2.38. The number of hydrogen-bond acceptors (Lipinski definition) is 2. The van der Waals surface area contributed by atoms with E-state index in [1.165, 1.54) is 18.9 Å². The lowest BCUT2D eigenvalue weighted by atomic mass is 9.93. The van der Waals surface area contributed by atoms with Gasteiger partial charge in [-0.15, -0.1) is 0 Å². The zero-order valence-electron chi connectivity index (χ0n) is 17.4. The predicted octanol–water partition coefficient (Wildman–Crippen LogP) is 5.69. The zero-order valence-corrected chi connectivity index (χ0v) is 17.4. The third-order valence-electron chi connectivity index (χ3n) is 5.59. The van der Waals surface area contributed by atoms with Crippen LogP contribution in [0.1, 0.15) is 41.6 Å². The van der Waals surface area contributed by atoms with Crippen LogP contribution >= 0.6 is 0 Å². The zero-order chi connectivity index (χ0) is 23.7. The van der Waals surface area contributed by atoms with Crippen molar-refractivity contribution < 1.29 is 31.1 Å². The molecule has 2 aromatic rings. The Hall–Kier alpha value is -2.81. The number of alkyl halides is 6. The summed E-state index contributed by atoms with van der Waals surface area (Å²) in [5.41, 5.74) is -0.947. The SMILES string of the molecule is C[C@H](c1cc(C(F)(F)F)cc(C(F)(F)F)c1)N(C)C(=O)C1=C(c2ccccc2)CNCC1. The first-order valence-electron chi connectivity index (χ1n) is 9.94. The van der Waals surface area contributed by atoms with Crippen LogP contribution in [0.15, 0.2) is 54.1 Å². The largest absolute Gasteiger partial charge is 0.416 e. The Labute approximate surface area is 181 Å². The lowest BCUT2D eigenvalue weighted by molar-refractivity contribution is -0.143. The van der Waals surface area contributed by atoms with Crippen molar-refractivity contribution in [3.63, 3.8) is 0 Å². The van der Waals surface area contributed by atoms with E-state index >= 15 is 0 Å². The number of hydrogen-bond donors (Lipinski definition) is 1. The molecule has 0 fully saturated rings. The van der Waals surface area contributed by atoms with E-state index in [0.717, 1.165) is 11.1 Å². The summed E-state index contributed by atoms with van der Waals surface area (Å²) in [4.78, 5) is 14.4. The molecule has 1 heterocycles. The average Bonchev–Trinajstić information content (AvgIpc) is 2.76. The number of amides is 1. The number of nitrogens with zero attached hydrogens (tertiary/aromatic N) is 1. The number of rotatable bonds is 4. The molecule has 0 aromatic heterocycles. The molecule has 3 nitrogen and oxygen atoms in total. The van der Waals surface area contributed by atoms with E-state index in [-0.39, 0.29) is 11.6 Å². The third kappa shape index (κ3) is 5.15. The summed E-state index contributed by atoms with van der Waals surface area (Å²) < 4.78 is 79.4. The number of nitrogens with one attached hydrogen (secondary N) is 1. The normalized spacial score (nSPS) is 16.1. The number of likely N-dealkylation sites (N-methyl/N-ethyl adjacent to an activating group) is 1. The molecular weight excluding hydrogens is 434 g/mol. The van der Waals surface area contributed by atoms with Crippen LogP contribution in [0.5, 0.6) is 0 Å². The minimum absolute atomic E-state index is 0.0842. The summed E-state index contributed by atoms with van der Waals surface area (Å²) in [5.74, 6) is -0.427. The van der Waals surface area contributed by atoms with Crippen LogP contribution in [-0.2, 0) is 17.1 Å². The summed E-state index contributed by atoms with van der Waals surface area (Å²) in [6, 6.07) is 9.59. The Bertz CT molecular complexity index is 979. The molecule has 1 atom stereocenters. The second-order valence-electron chi connectivity index (χ2n) is 7.68. The number of halogens is 6. The van der Waals surface area contributed by atoms with Gasteiger partial charge in [-0.3, -0.25) is 4.79 Å². The fourth-order valence-electron chi connectivity index (χ4n) is 3.67. The number of carbonyl (C=O) groups excluding carboxylic acids is 1. The standard InChI is InChI=1S/C23H22F6N2O/c1-14(16-10-17(22(24,25)26)12-18(11-16)23(27,28)29)31(2)21(32)19-8-9-30-13-20(19)15-6-4-3-5-7-15/h3-7,10-12,14,30H,8-9,13H2,1-2H3/t14-/m1/s1. The first-order chi connectivity index (χ1) is 14.9. The van der Waals surface area contributed by atoms with E-state index in [1.807, 2.05) is 30.3 Å². The maximum absolute atomic E-state index is 13.3. The lowest BCUT2D eigenvalue weighted by Crippen LogP contribution is -2.35. The summed E-state index contributed by atoms with van der Waals surface area (Å²) >= 11 is 0. The fraction of sp³-hybridized carbons (Fsp3) is 0.348. The molecule has 0 saturated carbocycles. The van der Waals surface area contributed by atoms with Crippen LogP contribution < -0.4 is 5.32 Å². The van der Waals surface area contributed by atoms with E-state index in [0.29, 0.717) is 37.2 Å². The topological polar surface area (TPSA) is 32.3 Å². The van der Waals surface area contributed by atoms with Gasteiger partial charge in [-0.25, -0.2) is 0 Å². The molecule has 0 bridgehead atoms. The van der Waals surface area contributed by atoms with Crippen LogP contribution in [0.3, 0.4) is 0 Å². The van der Waals surface area contributed by atoms with E-state index < -0.39 is 35.4 Å². The van der Waals surface area contributed by atoms with Crippen molar-refractivity contribution in [2.45, 2.75) is 31.7 Å². The lowest BCUT2D eigenvalue weighted by Gasteiger charge is -2.30. The molecule has 1 aliphatic rings. The summed E-state index contributed by atoms with van der Waals surface area (Å²) in [6.45, 7) is 2.40. The third-order valence-corrected chi connectivity index (χ3v) is 5.59. The van der Waals surface area contributed by atoms with Crippen LogP contribution in [-0.4, -0.2) is 30.9 Å². The van der Waals surface area contributed by atoms with Gasteiger partial charge in [0.1, 0.15) is 0 Å². The molecule has 2 aromatic carbocycles. The van der Waals surface area contributed by atoms with Gasteiger partial charge in [0.2, 0.25) is 5.91 Å². The highest BCUT2D eigenvalue weighted by molar-refractivity contribution is 6.02. The molecule has 32 heavy (non-hydrogen) atoms. The molecule has 0 radical (unpaired) electrons. The molecule has 172 valence electrons. The first kappa shape index (κ1) is 23.8. The molecule has 0 saturated heterocycles. The Morgan fingerprint density at radius 1 is 0.969 bits per heavy atom. The molecule has 1 N–H and O–H groups in total. The van der Waals surface area contributed by atoms with Gasteiger partial charge in [-0.05, 0) is 54.8 Å². The summed E-state index contributed by atoms with van der Waals surface area (Å²) in [7, 11) is 1.39. The van der Waals surface area contributed by atoms with Crippen molar-refractivity contribution in [3.8, 4) is 0 Å². The molecule has 0 unspecified atom stereocenters. The van der Waals surface area contributed by atoms with Gasteiger partial charge in [-0.1, -0.05) is 30.3 Å². The monoisotopic (exact) mass is 456 g/mol. The highest BCUT2D eigenvalue weighted by Crippen LogP contribution is 2.38. The van der Waals surface area contributed by atoms with E-state index in [2.05, 4.69) is 5.32 Å². The maximum atomic E-state index is 13.3.